The van der Waals surface area contributed by atoms with Gasteiger partial charge in [-0.3, -0.25) is 4.79 Å². The summed E-state index contributed by atoms with van der Waals surface area (Å²) in [7, 11) is 1.73. The van der Waals surface area contributed by atoms with E-state index in [0.717, 1.165) is 5.56 Å². The molecule has 0 radical (unpaired) electrons. The first-order valence-corrected chi connectivity index (χ1v) is 8.22. The SMILES string of the molecule is Cn1c(-c2ccccc2)nnc1C(C#N)C(=O)CCc1ccccc1F. The molecule has 1 unspecified atom stereocenters. The molecule has 0 aliphatic rings. The second-order valence-corrected chi connectivity index (χ2v) is 5.93. The number of aryl methyl sites for hydroxylation is 1. The number of nitrogens with zero attached hydrogens (tertiary/aromatic N) is 4. The van der Waals surface area contributed by atoms with Crippen molar-refractivity contribution in [2.45, 2.75) is 18.8 Å². The Labute approximate surface area is 150 Å². The number of halogens is 1. The zero-order valence-electron chi connectivity index (χ0n) is 14.3. The number of ketones is 1. The van der Waals surface area contributed by atoms with Gasteiger partial charge in [-0.15, -0.1) is 10.2 Å². The molecule has 3 aromatic rings. The first kappa shape index (κ1) is 17.5. The van der Waals surface area contributed by atoms with E-state index >= 15 is 0 Å². The van der Waals surface area contributed by atoms with Gasteiger partial charge >= 0.3 is 0 Å². The number of rotatable bonds is 6. The summed E-state index contributed by atoms with van der Waals surface area (Å²) >= 11 is 0. The summed E-state index contributed by atoms with van der Waals surface area (Å²) < 4.78 is 15.4. The van der Waals surface area contributed by atoms with E-state index < -0.39 is 5.92 Å². The Balaban J connectivity index is 1.79. The molecular weight excluding hydrogens is 331 g/mol. The van der Waals surface area contributed by atoms with Crippen LogP contribution >= 0.6 is 0 Å². The van der Waals surface area contributed by atoms with Crippen LogP contribution in [0, 0.1) is 17.1 Å². The van der Waals surface area contributed by atoms with Gasteiger partial charge in [0.1, 0.15) is 5.82 Å². The molecule has 1 heterocycles. The number of carbonyl (C=O) groups is 1. The molecule has 0 N–H and O–H groups in total. The van der Waals surface area contributed by atoms with Gasteiger partial charge in [0.05, 0.1) is 6.07 Å². The lowest BCUT2D eigenvalue weighted by Crippen LogP contribution is -2.16. The molecule has 0 spiro atoms. The monoisotopic (exact) mass is 348 g/mol. The highest BCUT2D eigenvalue weighted by molar-refractivity contribution is 5.87. The molecule has 0 bridgehead atoms. The number of benzene rings is 2. The number of Topliss-reactive ketones (excluding diaryl/α,β-unsaturated/α-hetero) is 1. The Hall–Kier alpha value is -3.33. The second-order valence-electron chi connectivity index (χ2n) is 5.93. The molecule has 0 aliphatic carbocycles. The molecule has 1 aromatic heterocycles. The van der Waals surface area contributed by atoms with Crippen LogP contribution in [0.2, 0.25) is 0 Å². The fourth-order valence-corrected chi connectivity index (χ4v) is 2.81. The van der Waals surface area contributed by atoms with E-state index in [1.165, 1.54) is 6.07 Å². The van der Waals surface area contributed by atoms with Gasteiger partial charge in [-0.05, 0) is 18.1 Å². The maximum atomic E-state index is 13.7. The third kappa shape index (κ3) is 3.52. The van der Waals surface area contributed by atoms with E-state index in [1.54, 1.807) is 29.8 Å². The van der Waals surface area contributed by atoms with Gasteiger partial charge in [0.2, 0.25) is 0 Å². The Morgan fingerprint density at radius 1 is 1.15 bits per heavy atom. The van der Waals surface area contributed by atoms with Gasteiger partial charge in [-0.2, -0.15) is 5.26 Å². The van der Waals surface area contributed by atoms with Crippen molar-refractivity contribution >= 4 is 5.78 Å². The van der Waals surface area contributed by atoms with Crippen LogP contribution in [-0.2, 0) is 18.3 Å². The first-order valence-electron chi connectivity index (χ1n) is 8.22. The maximum absolute atomic E-state index is 13.7. The lowest BCUT2D eigenvalue weighted by Gasteiger charge is -2.09. The lowest BCUT2D eigenvalue weighted by atomic mass is 9.98. The minimum atomic E-state index is -1.03. The van der Waals surface area contributed by atoms with Gasteiger partial charge in [0.15, 0.2) is 23.3 Å². The Morgan fingerprint density at radius 3 is 2.54 bits per heavy atom. The van der Waals surface area contributed by atoms with Crippen molar-refractivity contribution in [1.29, 1.82) is 5.26 Å². The van der Waals surface area contributed by atoms with Crippen molar-refractivity contribution < 1.29 is 9.18 Å². The van der Waals surface area contributed by atoms with E-state index in [4.69, 9.17) is 0 Å². The molecule has 0 aliphatic heterocycles. The lowest BCUT2D eigenvalue weighted by molar-refractivity contribution is -0.119. The molecular formula is C20H17FN4O. The smallest absolute Gasteiger partial charge is 0.164 e. The van der Waals surface area contributed by atoms with E-state index in [1.807, 2.05) is 36.4 Å². The highest BCUT2D eigenvalue weighted by Crippen LogP contribution is 2.23. The largest absolute Gasteiger partial charge is 0.313 e. The third-order valence-corrected chi connectivity index (χ3v) is 4.25. The first-order chi connectivity index (χ1) is 12.6. The predicted octanol–water partition coefficient (Wildman–Crippen LogP) is 3.43. The van der Waals surface area contributed by atoms with E-state index in [0.29, 0.717) is 17.2 Å². The molecule has 0 fully saturated rings. The van der Waals surface area contributed by atoms with Crippen molar-refractivity contribution in [3.8, 4) is 17.5 Å². The summed E-state index contributed by atoms with van der Waals surface area (Å²) in [5.74, 6) is -0.797. The van der Waals surface area contributed by atoms with Crippen molar-refractivity contribution in [3.63, 3.8) is 0 Å². The summed E-state index contributed by atoms with van der Waals surface area (Å²) in [6, 6.07) is 17.7. The average molecular weight is 348 g/mol. The van der Waals surface area contributed by atoms with Crippen LogP contribution in [0.15, 0.2) is 54.6 Å². The summed E-state index contributed by atoms with van der Waals surface area (Å²) in [4.78, 5) is 12.5. The molecule has 0 saturated heterocycles. The summed E-state index contributed by atoms with van der Waals surface area (Å²) in [5, 5.41) is 17.7. The van der Waals surface area contributed by atoms with Crippen LogP contribution in [0.4, 0.5) is 4.39 Å². The standard InChI is InChI=1S/C20H17FN4O/c1-25-19(15-8-3-2-4-9-15)23-24-20(25)16(13-22)18(26)12-11-14-7-5-6-10-17(14)21/h2-10,16H,11-12H2,1H3. The quantitative estimate of drug-likeness (QED) is 0.684. The molecule has 130 valence electrons. The second kappa shape index (κ2) is 7.70. The zero-order chi connectivity index (χ0) is 18.5. The molecule has 0 amide bonds. The minimum Gasteiger partial charge on any atom is -0.313 e. The number of hydrogen-bond donors (Lipinski definition) is 0. The van der Waals surface area contributed by atoms with Crippen LogP contribution in [0.1, 0.15) is 23.7 Å². The number of carbonyl (C=O) groups excluding carboxylic acids is 1. The average Bonchev–Trinajstić information content (AvgIpc) is 3.04. The van der Waals surface area contributed by atoms with Crippen LogP contribution in [-0.4, -0.2) is 20.5 Å². The molecule has 6 heteroatoms. The van der Waals surface area contributed by atoms with Gasteiger partial charge in [-0.25, -0.2) is 4.39 Å². The predicted molar refractivity (Wildman–Crippen MR) is 94.5 cm³/mol. The van der Waals surface area contributed by atoms with E-state index in [2.05, 4.69) is 10.2 Å². The minimum absolute atomic E-state index is 0.0622. The maximum Gasteiger partial charge on any atom is 0.164 e. The van der Waals surface area contributed by atoms with Gasteiger partial charge in [0.25, 0.3) is 0 Å². The van der Waals surface area contributed by atoms with Crippen molar-refractivity contribution in [2.24, 2.45) is 7.05 Å². The highest BCUT2D eigenvalue weighted by Gasteiger charge is 2.26. The molecule has 0 saturated carbocycles. The molecule has 1 atom stereocenters. The van der Waals surface area contributed by atoms with Crippen LogP contribution in [0.3, 0.4) is 0 Å². The van der Waals surface area contributed by atoms with Gasteiger partial charge in [0, 0.05) is 19.0 Å². The van der Waals surface area contributed by atoms with Crippen LogP contribution in [0.25, 0.3) is 11.4 Å². The molecule has 5 nitrogen and oxygen atoms in total. The summed E-state index contributed by atoms with van der Waals surface area (Å²) in [6.45, 7) is 0. The number of aromatic nitrogens is 3. The van der Waals surface area contributed by atoms with Crippen molar-refractivity contribution in [1.82, 2.24) is 14.8 Å². The van der Waals surface area contributed by atoms with Crippen LogP contribution in [0.5, 0.6) is 0 Å². The van der Waals surface area contributed by atoms with Gasteiger partial charge in [-0.1, -0.05) is 48.5 Å². The normalized spacial score (nSPS) is 11.7. The highest BCUT2D eigenvalue weighted by atomic mass is 19.1. The third-order valence-electron chi connectivity index (χ3n) is 4.25. The van der Waals surface area contributed by atoms with Crippen LogP contribution < -0.4 is 0 Å². The molecule has 3 rings (SSSR count). The topological polar surface area (TPSA) is 71.6 Å². The summed E-state index contributed by atoms with van der Waals surface area (Å²) in [5.41, 5.74) is 1.31. The molecule has 26 heavy (non-hydrogen) atoms. The van der Waals surface area contributed by atoms with E-state index in [9.17, 15) is 14.4 Å². The van der Waals surface area contributed by atoms with Crippen molar-refractivity contribution in [2.75, 3.05) is 0 Å². The fraction of sp³-hybridized carbons (Fsp3) is 0.200. The number of nitriles is 1. The van der Waals surface area contributed by atoms with Crippen molar-refractivity contribution in [3.05, 3.63) is 71.8 Å². The Bertz CT molecular complexity index is 959. The fourth-order valence-electron chi connectivity index (χ4n) is 2.81. The van der Waals surface area contributed by atoms with E-state index in [-0.39, 0.29) is 24.4 Å². The Morgan fingerprint density at radius 2 is 1.85 bits per heavy atom. The zero-order valence-corrected chi connectivity index (χ0v) is 14.3. The molecule has 2 aromatic carbocycles. The summed E-state index contributed by atoms with van der Waals surface area (Å²) in [6.07, 6.45) is 0.305. The van der Waals surface area contributed by atoms with Gasteiger partial charge < -0.3 is 4.57 Å². The Kier molecular flexibility index (Phi) is 5.18. The number of hydrogen-bond acceptors (Lipinski definition) is 4.